The number of ether oxygens (including phenoxy) is 1. The maximum Gasteiger partial charge on any atom is 0.166 e. The van der Waals surface area contributed by atoms with E-state index in [1.165, 1.54) is 6.21 Å². The van der Waals surface area contributed by atoms with Crippen LogP contribution < -0.4 is 5.73 Å². The molecule has 0 spiro atoms. The van der Waals surface area contributed by atoms with E-state index >= 15 is 0 Å². The van der Waals surface area contributed by atoms with Gasteiger partial charge in [0.05, 0.1) is 6.04 Å². The molecular formula is C12H26N4O2S. The molecule has 1 aliphatic rings. The zero-order valence-corrected chi connectivity index (χ0v) is 13.1. The van der Waals surface area contributed by atoms with Crippen LogP contribution in [0, 0.1) is 5.41 Å². The summed E-state index contributed by atoms with van der Waals surface area (Å²) in [5.41, 5.74) is 5.56. The molecule has 3 N–H and O–H groups in total. The predicted molar refractivity (Wildman–Crippen MR) is 82.8 cm³/mol. The molecule has 1 unspecified atom stereocenters. The van der Waals surface area contributed by atoms with Crippen LogP contribution in [-0.4, -0.2) is 74.4 Å². The summed E-state index contributed by atoms with van der Waals surface area (Å²) in [6.07, 6.45) is 2.68. The van der Waals surface area contributed by atoms with Crippen molar-refractivity contribution in [1.29, 1.82) is 5.41 Å². The van der Waals surface area contributed by atoms with E-state index < -0.39 is 0 Å². The number of piperazine rings is 1. The molecule has 7 heteroatoms. The van der Waals surface area contributed by atoms with Crippen molar-refractivity contribution in [2.75, 3.05) is 40.9 Å². The van der Waals surface area contributed by atoms with E-state index in [9.17, 15) is 4.79 Å². The molecule has 0 aromatic rings. The molecule has 0 aromatic carbocycles. The minimum Gasteiger partial charge on any atom is -0.388 e. The van der Waals surface area contributed by atoms with Gasteiger partial charge in [0.25, 0.3) is 0 Å². The molecule has 112 valence electrons. The summed E-state index contributed by atoms with van der Waals surface area (Å²) < 4.78 is 4.25. The molecule has 0 amide bonds. The van der Waals surface area contributed by atoms with Crippen LogP contribution in [0.4, 0.5) is 0 Å². The molecule has 6 nitrogen and oxygen atoms in total. The largest absolute Gasteiger partial charge is 0.388 e. The SMILES string of the molecule is CC=N.CN1CCN(C(N)=S)C(CC=O)C1.COC. The Morgan fingerprint density at radius 2 is 2.00 bits per heavy atom. The standard InChI is InChI=1S/C8H15N3OS.C2H5N.C2H6O/c1-10-3-4-11(8(9)13)7(6-10)2-5-12;1-2-3;1-3-2/h5,7H,2-4,6H2,1H3,(H2,9,13);2-3H,1H3;1-2H3. The fourth-order valence-electron chi connectivity index (χ4n) is 1.61. The van der Waals surface area contributed by atoms with Crippen molar-refractivity contribution in [3.05, 3.63) is 0 Å². The van der Waals surface area contributed by atoms with E-state index in [0.717, 1.165) is 25.9 Å². The summed E-state index contributed by atoms with van der Waals surface area (Å²) in [5.74, 6) is 0. The molecule has 1 atom stereocenters. The number of methoxy groups -OCH3 is 1. The number of hydrogen-bond acceptors (Lipinski definition) is 5. The lowest BCUT2D eigenvalue weighted by atomic mass is 10.1. The maximum atomic E-state index is 10.4. The molecule has 0 aliphatic carbocycles. The van der Waals surface area contributed by atoms with E-state index in [0.29, 0.717) is 11.5 Å². The van der Waals surface area contributed by atoms with Crippen molar-refractivity contribution >= 4 is 29.8 Å². The Kier molecular flexibility index (Phi) is 14.3. The first kappa shape index (κ1) is 20.3. The van der Waals surface area contributed by atoms with Crippen LogP contribution >= 0.6 is 12.2 Å². The summed E-state index contributed by atoms with van der Waals surface area (Å²) in [6.45, 7) is 4.30. The minimum absolute atomic E-state index is 0.161. The maximum absolute atomic E-state index is 10.4. The number of aldehydes is 1. The summed E-state index contributed by atoms with van der Waals surface area (Å²) in [6, 6.07) is 0.161. The van der Waals surface area contributed by atoms with Crippen molar-refractivity contribution in [1.82, 2.24) is 9.80 Å². The number of rotatable bonds is 2. The molecule has 1 saturated heterocycles. The van der Waals surface area contributed by atoms with E-state index in [2.05, 4.69) is 9.64 Å². The van der Waals surface area contributed by atoms with Gasteiger partial charge in [0, 0.05) is 40.3 Å². The number of nitrogens with zero attached hydrogens (tertiary/aromatic N) is 2. The number of carbonyl (C=O) groups is 1. The highest BCUT2D eigenvalue weighted by molar-refractivity contribution is 7.80. The number of hydrogen-bond donors (Lipinski definition) is 2. The van der Waals surface area contributed by atoms with Crippen LogP contribution in [0.3, 0.4) is 0 Å². The Labute approximate surface area is 121 Å². The predicted octanol–water partition coefficient (Wildman–Crippen LogP) is 0.353. The Balaban J connectivity index is 0. The van der Waals surface area contributed by atoms with E-state index in [1.54, 1.807) is 21.1 Å². The Morgan fingerprint density at radius 1 is 1.53 bits per heavy atom. The van der Waals surface area contributed by atoms with E-state index in [4.69, 9.17) is 23.4 Å². The van der Waals surface area contributed by atoms with Crippen LogP contribution in [0.1, 0.15) is 13.3 Å². The number of nitrogens with two attached hydrogens (primary N) is 1. The van der Waals surface area contributed by atoms with Gasteiger partial charge in [0.1, 0.15) is 6.29 Å². The van der Waals surface area contributed by atoms with Gasteiger partial charge in [-0.2, -0.15) is 0 Å². The van der Waals surface area contributed by atoms with Gasteiger partial charge in [0.2, 0.25) is 0 Å². The first-order chi connectivity index (χ1) is 8.98. The highest BCUT2D eigenvalue weighted by Gasteiger charge is 2.25. The van der Waals surface area contributed by atoms with Gasteiger partial charge >= 0.3 is 0 Å². The van der Waals surface area contributed by atoms with Gasteiger partial charge in [-0.05, 0) is 32.4 Å². The third-order valence-corrected chi connectivity index (χ3v) is 2.57. The second kappa shape index (κ2) is 13.4. The first-order valence-corrected chi connectivity index (χ1v) is 6.42. The van der Waals surface area contributed by atoms with E-state index in [1.807, 2.05) is 11.9 Å². The van der Waals surface area contributed by atoms with Crippen molar-refractivity contribution in [2.45, 2.75) is 19.4 Å². The number of thiocarbonyl (C=S) groups is 1. The van der Waals surface area contributed by atoms with Crippen molar-refractivity contribution in [2.24, 2.45) is 5.73 Å². The topological polar surface area (TPSA) is 82.7 Å². The third kappa shape index (κ3) is 10.5. The van der Waals surface area contributed by atoms with Gasteiger partial charge in [0.15, 0.2) is 5.11 Å². The van der Waals surface area contributed by atoms with Crippen LogP contribution in [0.2, 0.25) is 0 Å². The van der Waals surface area contributed by atoms with Gasteiger partial charge in [-0.3, -0.25) is 0 Å². The monoisotopic (exact) mass is 290 g/mol. The zero-order chi connectivity index (χ0) is 15.3. The highest BCUT2D eigenvalue weighted by atomic mass is 32.1. The van der Waals surface area contributed by atoms with Crippen LogP contribution in [0.15, 0.2) is 0 Å². The van der Waals surface area contributed by atoms with Gasteiger partial charge in [-0.1, -0.05) is 0 Å². The molecule has 1 rings (SSSR count). The van der Waals surface area contributed by atoms with Gasteiger partial charge < -0.3 is 30.5 Å². The molecular weight excluding hydrogens is 264 g/mol. The molecule has 19 heavy (non-hydrogen) atoms. The summed E-state index contributed by atoms with van der Waals surface area (Å²) in [7, 11) is 5.29. The summed E-state index contributed by atoms with van der Waals surface area (Å²) >= 11 is 4.91. The Bertz CT molecular complexity index is 264. The van der Waals surface area contributed by atoms with E-state index in [-0.39, 0.29) is 6.04 Å². The average Bonchev–Trinajstić information content (AvgIpc) is 2.31. The number of carbonyl (C=O) groups excluding carboxylic acids is 1. The van der Waals surface area contributed by atoms with Crippen molar-refractivity contribution in [3.63, 3.8) is 0 Å². The Morgan fingerprint density at radius 3 is 2.37 bits per heavy atom. The Hall–Kier alpha value is -1.05. The lowest BCUT2D eigenvalue weighted by Crippen LogP contribution is -2.55. The zero-order valence-electron chi connectivity index (χ0n) is 12.3. The normalized spacial score (nSPS) is 18.3. The quantitative estimate of drug-likeness (QED) is 0.434. The molecule has 0 radical (unpaired) electrons. The number of likely N-dealkylation sites (N-methyl/N-ethyl adjacent to an activating group) is 1. The average molecular weight is 290 g/mol. The highest BCUT2D eigenvalue weighted by Crippen LogP contribution is 2.10. The molecule has 1 aliphatic heterocycles. The van der Waals surface area contributed by atoms with Crippen molar-refractivity contribution in [3.8, 4) is 0 Å². The smallest absolute Gasteiger partial charge is 0.166 e. The van der Waals surface area contributed by atoms with Crippen molar-refractivity contribution < 1.29 is 9.53 Å². The molecule has 0 saturated carbocycles. The summed E-state index contributed by atoms with van der Waals surface area (Å²) in [5, 5.41) is 6.49. The van der Waals surface area contributed by atoms with Crippen LogP contribution in [0.5, 0.6) is 0 Å². The molecule has 0 bridgehead atoms. The number of nitrogens with one attached hydrogen (secondary N) is 1. The fraction of sp³-hybridized carbons (Fsp3) is 0.750. The van der Waals surface area contributed by atoms with Crippen LogP contribution in [0.25, 0.3) is 0 Å². The second-order valence-corrected chi connectivity index (χ2v) is 4.47. The molecule has 1 heterocycles. The first-order valence-electron chi connectivity index (χ1n) is 6.01. The molecule has 0 aromatic heterocycles. The second-order valence-electron chi connectivity index (χ2n) is 4.05. The van der Waals surface area contributed by atoms with Gasteiger partial charge in [-0.15, -0.1) is 0 Å². The fourth-order valence-corrected chi connectivity index (χ4v) is 1.85. The molecule has 1 fully saturated rings. The van der Waals surface area contributed by atoms with Gasteiger partial charge in [-0.25, -0.2) is 0 Å². The minimum atomic E-state index is 0.161. The lowest BCUT2D eigenvalue weighted by Gasteiger charge is -2.39. The lowest BCUT2D eigenvalue weighted by molar-refractivity contribution is -0.109. The summed E-state index contributed by atoms with van der Waals surface area (Å²) in [4.78, 5) is 14.5. The third-order valence-electron chi connectivity index (χ3n) is 2.34. The van der Waals surface area contributed by atoms with Crippen LogP contribution in [-0.2, 0) is 9.53 Å².